The lowest BCUT2D eigenvalue weighted by atomic mass is 10.4. The molecular formula is C10H23NO3. The topological polar surface area (TPSA) is 39.7 Å². The zero-order valence-corrected chi connectivity index (χ0v) is 9.54. The summed E-state index contributed by atoms with van der Waals surface area (Å²) in [5.74, 6) is 0. The first-order valence-corrected chi connectivity index (χ1v) is 5.18. The molecule has 0 rings (SSSR count). The summed E-state index contributed by atoms with van der Waals surface area (Å²) in [6, 6.07) is 0. The Bertz CT molecular complexity index is 106. The molecule has 4 nitrogen and oxygen atoms in total. The van der Waals surface area contributed by atoms with Gasteiger partial charge in [0.25, 0.3) is 0 Å². The molecule has 1 N–H and O–H groups in total. The molecule has 0 saturated heterocycles. The number of hydrogen-bond donors (Lipinski definition) is 1. The van der Waals surface area contributed by atoms with E-state index < -0.39 is 0 Å². The summed E-state index contributed by atoms with van der Waals surface area (Å²) in [6.07, 6.45) is 1.17. The SMILES string of the molecule is CCCOCCOC(CNC)COC. The molecule has 86 valence electrons. The minimum absolute atomic E-state index is 0.121. The molecule has 0 aliphatic heterocycles. The Hall–Kier alpha value is -0.160. The third-order valence-corrected chi connectivity index (χ3v) is 1.71. The molecule has 0 saturated carbocycles. The number of rotatable bonds is 10. The van der Waals surface area contributed by atoms with E-state index in [1.165, 1.54) is 0 Å². The Morgan fingerprint density at radius 1 is 1.21 bits per heavy atom. The lowest BCUT2D eigenvalue weighted by Gasteiger charge is -2.16. The van der Waals surface area contributed by atoms with Crippen LogP contribution in [0.3, 0.4) is 0 Å². The maximum atomic E-state index is 5.56. The zero-order chi connectivity index (χ0) is 10.6. The zero-order valence-electron chi connectivity index (χ0n) is 9.54. The fraction of sp³-hybridized carbons (Fsp3) is 1.00. The van der Waals surface area contributed by atoms with E-state index in [9.17, 15) is 0 Å². The fourth-order valence-corrected chi connectivity index (χ4v) is 1.10. The van der Waals surface area contributed by atoms with Gasteiger partial charge in [0.1, 0.15) is 0 Å². The normalized spacial score (nSPS) is 13.1. The van der Waals surface area contributed by atoms with E-state index in [0.29, 0.717) is 19.8 Å². The van der Waals surface area contributed by atoms with Gasteiger partial charge in [-0.1, -0.05) is 6.92 Å². The molecule has 0 aromatic carbocycles. The monoisotopic (exact) mass is 205 g/mol. The highest BCUT2D eigenvalue weighted by atomic mass is 16.5. The van der Waals surface area contributed by atoms with Crippen molar-refractivity contribution in [1.82, 2.24) is 5.32 Å². The maximum Gasteiger partial charge on any atom is 0.0933 e. The average molecular weight is 205 g/mol. The molecule has 0 fully saturated rings. The summed E-state index contributed by atoms with van der Waals surface area (Å²) < 4.78 is 15.9. The number of likely N-dealkylation sites (N-methyl/N-ethyl adjacent to an activating group) is 1. The van der Waals surface area contributed by atoms with Gasteiger partial charge in [-0.15, -0.1) is 0 Å². The van der Waals surface area contributed by atoms with Gasteiger partial charge in [-0.2, -0.15) is 0 Å². The van der Waals surface area contributed by atoms with E-state index in [4.69, 9.17) is 14.2 Å². The molecular weight excluding hydrogens is 182 g/mol. The Kier molecular flexibility index (Phi) is 10.8. The van der Waals surface area contributed by atoms with Crippen molar-refractivity contribution in [2.75, 3.05) is 47.1 Å². The maximum absolute atomic E-state index is 5.56. The molecule has 0 spiro atoms. The van der Waals surface area contributed by atoms with Crippen LogP contribution in [0.5, 0.6) is 0 Å². The van der Waals surface area contributed by atoms with Crippen molar-refractivity contribution < 1.29 is 14.2 Å². The molecule has 0 heterocycles. The van der Waals surface area contributed by atoms with Crippen LogP contribution in [0.1, 0.15) is 13.3 Å². The molecule has 0 amide bonds. The molecule has 0 aromatic rings. The lowest BCUT2D eigenvalue weighted by molar-refractivity contribution is -0.0265. The van der Waals surface area contributed by atoms with Crippen molar-refractivity contribution in [3.8, 4) is 0 Å². The van der Waals surface area contributed by atoms with Crippen molar-refractivity contribution in [2.45, 2.75) is 19.4 Å². The van der Waals surface area contributed by atoms with Gasteiger partial charge in [-0.25, -0.2) is 0 Å². The van der Waals surface area contributed by atoms with Crippen LogP contribution in [0.15, 0.2) is 0 Å². The van der Waals surface area contributed by atoms with Crippen molar-refractivity contribution >= 4 is 0 Å². The molecule has 0 radical (unpaired) electrons. The van der Waals surface area contributed by atoms with Crippen LogP contribution in [0, 0.1) is 0 Å². The summed E-state index contributed by atoms with van der Waals surface area (Å²) in [7, 11) is 3.58. The van der Waals surface area contributed by atoms with E-state index in [2.05, 4.69) is 12.2 Å². The highest BCUT2D eigenvalue weighted by Gasteiger charge is 2.06. The second-order valence-electron chi connectivity index (χ2n) is 3.12. The van der Waals surface area contributed by atoms with Gasteiger partial charge in [-0.3, -0.25) is 0 Å². The number of methoxy groups -OCH3 is 1. The Morgan fingerprint density at radius 2 is 2.00 bits per heavy atom. The van der Waals surface area contributed by atoms with Gasteiger partial charge in [0.2, 0.25) is 0 Å². The van der Waals surface area contributed by atoms with E-state index in [1.54, 1.807) is 7.11 Å². The average Bonchev–Trinajstić information content (AvgIpc) is 2.18. The molecule has 0 aromatic heterocycles. The minimum atomic E-state index is 0.121. The van der Waals surface area contributed by atoms with E-state index in [1.807, 2.05) is 7.05 Å². The first-order valence-electron chi connectivity index (χ1n) is 5.18. The van der Waals surface area contributed by atoms with Gasteiger partial charge in [0.15, 0.2) is 0 Å². The summed E-state index contributed by atoms with van der Waals surface area (Å²) in [5, 5.41) is 3.06. The molecule has 0 bridgehead atoms. The Labute approximate surface area is 86.9 Å². The van der Waals surface area contributed by atoms with Crippen LogP contribution in [-0.4, -0.2) is 53.2 Å². The number of nitrogens with one attached hydrogen (secondary N) is 1. The number of hydrogen-bond acceptors (Lipinski definition) is 4. The summed E-state index contributed by atoms with van der Waals surface area (Å²) in [6.45, 7) is 5.63. The minimum Gasteiger partial charge on any atom is -0.382 e. The third-order valence-electron chi connectivity index (χ3n) is 1.71. The molecule has 0 aliphatic carbocycles. The van der Waals surface area contributed by atoms with Gasteiger partial charge in [-0.05, 0) is 13.5 Å². The van der Waals surface area contributed by atoms with E-state index >= 15 is 0 Å². The molecule has 1 unspecified atom stereocenters. The van der Waals surface area contributed by atoms with Crippen LogP contribution in [-0.2, 0) is 14.2 Å². The molecule has 0 aliphatic rings. The van der Waals surface area contributed by atoms with Crippen molar-refractivity contribution in [1.29, 1.82) is 0 Å². The molecule has 4 heteroatoms. The second kappa shape index (κ2) is 10.9. The Morgan fingerprint density at radius 3 is 2.57 bits per heavy atom. The van der Waals surface area contributed by atoms with Gasteiger partial charge in [0.05, 0.1) is 25.9 Å². The summed E-state index contributed by atoms with van der Waals surface area (Å²) in [5.41, 5.74) is 0. The summed E-state index contributed by atoms with van der Waals surface area (Å²) >= 11 is 0. The number of ether oxygens (including phenoxy) is 3. The lowest BCUT2D eigenvalue weighted by Crippen LogP contribution is -2.31. The highest BCUT2D eigenvalue weighted by Crippen LogP contribution is 1.92. The smallest absolute Gasteiger partial charge is 0.0933 e. The molecule has 1 atom stereocenters. The highest BCUT2D eigenvalue weighted by molar-refractivity contribution is 4.58. The van der Waals surface area contributed by atoms with E-state index in [0.717, 1.165) is 19.6 Å². The van der Waals surface area contributed by atoms with Crippen LogP contribution in [0.4, 0.5) is 0 Å². The van der Waals surface area contributed by atoms with Crippen LogP contribution < -0.4 is 5.32 Å². The van der Waals surface area contributed by atoms with Gasteiger partial charge < -0.3 is 19.5 Å². The molecule has 14 heavy (non-hydrogen) atoms. The first-order chi connectivity index (χ1) is 6.85. The largest absolute Gasteiger partial charge is 0.382 e. The first kappa shape index (κ1) is 13.8. The quantitative estimate of drug-likeness (QED) is 0.532. The van der Waals surface area contributed by atoms with E-state index in [-0.39, 0.29) is 6.10 Å². The third kappa shape index (κ3) is 8.44. The van der Waals surface area contributed by atoms with Gasteiger partial charge in [0, 0.05) is 20.3 Å². The predicted molar refractivity (Wildman–Crippen MR) is 56.7 cm³/mol. The van der Waals surface area contributed by atoms with Gasteiger partial charge >= 0.3 is 0 Å². The Balaban J connectivity index is 3.30. The summed E-state index contributed by atoms with van der Waals surface area (Å²) in [4.78, 5) is 0. The van der Waals surface area contributed by atoms with Crippen LogP contribution >= 0.6 is 0 Å². The van der Waals surface area contributed by atoms with Crippen molar-refractivity contribution in [3.63, 3.8) is 0 Å². The fourth-order valence-electron chi connectivity index (χ4n) is 1.10. The van der Waals surface area contributed by atoms with Crippen molar-refractivity contribution in [2.24, 2.45) is 0 Å². The van der Waals surface area contributed by atoms with Crippen LogP contribution in [0.25, 0.3) is 0 Å². The van der Waals surface area contributed by atoms with Crippen molar-refractivity contribution in [3.05, 3.63) is 0 Å². The van der Waals surface area contributed by atoms with Crippen LogP contribution in [0.2, 0.25) is 0 Å². The predicted octanol–water partition coefficient (Wildman–Crippen LogP) is 0.664. The standard InChI is InChI=1S/C10H23NO3/c1-4-5-13-6-7-14-10(8-11-2)9-12-3/h10-11H,4-9H2,1-3H3. The second-order valence-corrected chi connectivity index (χ2v) is 3.12.